The van der Waals surface area contributed by atoms with Crippen molar-refractivity contribution in [2.75, 3.05) is 38.6 Å². The molecule has 1 heterocycles. The third-order valence-electron chi connectivity index (χ3n) is 5.14. The van der Waals surface area contributed by atoms with Gasteiger partial charge in [0.1, 0.15) is 0 Å². The van der Waals surface area contributed by atoms with Crippen molar-refractivity contribution in [2.45, 2.75) is 18.9 Å². The first-order chi connectivity index (χ1) is 13.5. The van der Waals surface area contributed by atoms with Crippen LogP contribution in [0, 0.1) is 10.1 Å². The number of likely N-dealkylation sites (tertiary alicyclic amines) is 1. The minimum Gasteiger partial charge on any atom is -0.377 e. The molecule has 1 saturated heterocycles. The van der Waals surface area contributed by atoms with Crippen LogP contribution >= 0.6 is 0 Å². The molecule has 1 fully saturated rings. The number of anilines is 1. The number of nitrogens with one attached hydrogen (secondary N) is 1. The summed E-state index contributed by atoms with van der Waals surface area (Å²) in [6, 6.07) is 14.6. The third-order valence-corrected chi connectivity index (χ3v) is 5.14. The fourth-order valence-corrected chi connectivity index (χ4v) is 3.68. The SMILES string of the molecule is CN(C)c1ccc([N+](=O)[O-])cc1C(=O)NCC(c1ccccc1)N1CCCC1. The van der Waals surface area contributed by atoms with Crippen molar-refractivity contribution in [3.63, 3.8) is 0 Å². The van der Waals surface area contributed by atoms with E-state index in [1.807, 2.05) is 32.3 Å². The zero-order valence-corrected chi connectivity index (χ0v) is 16.3. The average Bonchev–Trinajstić information content (AvgIpc) is 3.22. The zero-order valence-electron chi connectivity index (χ0n) is 16.3. The van der Waals surface area contributed by atoms with Crippen LogP contribution in [0.3, 0.4) is 0 Å². The Bertz CT molecular complexity index is 833. The fraction of sp³-hybridized carbons (Fsp3) is 0.381. The van der Waals surface area contributed by atoms with Gasteiger partial charge in [-0.05, 0) is 37.6 Å². The van der Waals surface area contributed by atoms with E-state index in [9.17, 15) is 14.9 Å². The van der Waals surface area contributed by atoms with Crippen molar-refractivity contribution in [3.8, 4) is 0 Å². The molecule has 1 unspecified atom stereocenters. The van der Waals surface area contributed by atoms with E-state index in [1.165, 1.54) is 12.1 Å². The molecular weight excluding hydrogens is 356 g/mol. The number of hydrogen-bond acceptors (Lipinski definition) is 5. The van der Waals surface area contributed by atoms with Crippen molar-refractivity contribution >= 4 is 17.3 Å². The number of non-ortho nitro benzene ring substituents is 1. The number of benzene rings is 2. The van der Waals surface area contributed by atoms with E-state index in [-0.39, 0.29) is 17.6 Å². The molecular formula is C21H26N4O3. The lowest BCUT2D eigenvalue weighted by Crippen LogP contribution is -2.37. The van der Waals surface area contributed by atoms with E-state index in [4.69, 9.17) is 0 Å². The molecule has 7 nitrogen and oxygen atoms in total. The highest BCUT2D eigenvalue weighted by Crippen LogP contribution is 2.26. The smallest absolute Gasteiger partial charge is 0.270 e. The van der Waals surface area contributed by atoms with Gasteiger partial charge in [0.25, 0.3) is 11.6 Å². The van der Waals surface area contributed by atoms with Crippen LogP contribution in [0.5, 0.6) is 0 Å². The maximum Gasteiger partial charge on any atom is 0.270 e. The van der Waals surface area contributed by atoms with Gasteiger partial charge < -0.3 is 10.2 Å². The topological polar surface area (TPSA) is 78.7 Å². The number of amides is 1. The van der Waals surface area contributed by atoms with E-state index >= 15 is 0 Å². The van der Waals surface area contributed by atoms with Crippen LogP contribution in [0.1, 0.15) is 34.8 Å². The molecule has 7 heteroatoms. The molecule has 3 rings (SSSR count). The van der Waals surface area contributed by atoms with Crippen molar-refractivity contribution in [1.82, 2.24) is 10.2 Å². The number of nitro groups is 1. The van der Waals surface area contributed by atoms with E-state index in [0.29, 0.717) is 17.8 Å². The molecule has 1 aliphatic heterocycles. The molecule has 0 saturated carbocycles. The summed E-state index contributed by atoms with van der Waals surface area (Å²) in [5, 5.41) is 14.1. The number of nitrogens with zero attached hydrogens (tertiary/aromatic N) is 3. The van der Waals surface area contributed by atoms with Gasteiger partial charge in [-0.2, -0.15) is 0 Å². The fourth-order valence-electron chi connectivity index (χ4n) is 3.68. The van der Waals surface area contributed by atoms with Gasteiger partial charge in [-0.15, -0.1) is 0 Å². The molecule has 2 aromatic carbocycles. The van der Waals surface area contributed by atoms with Crippen LogP contribution in [0.15, 0.2) is 48.5 Å². The molecule has 1 aliphatic rings. The Morgan fingerprint density at radius 3 is 2.46 bits per heavy atom. The number of carbonyl (C=O) groups excluding carboxylic acids is 1. The molecule has 0 bridgehead atoms. The number of hydrogen-bond donors (Lipinski definition) is 1. The lowest BCUT2D eigenvalue weighted by Gasteiger charge is -2.28. The molecule has 0 radical (unpaired) electrons. The van der Waals surface area contributed by atoms with Crippen LogP contribution in [0.4, 0.5) is 11.4 Å². The second-order valence-corrected chi connectivity index (χ2v) is 7.23. The summed E-state index contributed by atoms with van der Waals surface area (Å²) >= 11 is 0. The monoisotopic (exact) mass is 382 g/mol. The first kappa shape index (κ1) is 19.8. The number of nitro benzene ring substituents is 1. The van der Waals surface area contributed by atoms with Crippen LogP contribution < -0.4 is 10.2 Å². The second kappa shape index (κ2) is 8.84. The Labute approximate surface area is 165 Å². The van der Waals surface area contributed by atoms with Crippen molar-refractivity contribution < 1.29 is 9.72 Å². The van der Waals surface area contributed by atoms with Gasteiger partial charge in [-0.1, -0.05) is 30.3 Å². The highest BCUT2D eigenvalue weighted by Gasteiger charge is 2.25. The molecule has 0 aliphatic carbocycles. The van der Waals surface area contributed by atoms with Crippen LogP contribution in [-0.4, -0.2) is 49.5 Å². The summed E-state index contributed by atoms with van der Waals surface area (Å²) in [6.07, 6.45) is 2.32. The first-order valence-electron chi connectivity index (χ1n) is 9.50. The van der Waals surface area contributed by atoms with Crippen molar-refractivity contribution in [1.29, 1.82) is 0 Å². The molecule has 2 aromatic rings. The van der Waals surface area contributed by atoms with E-state index < -0.39 is 4.92 Å². The average molecular weight is 382 g/mol. The Morgan fingerprint density at radius 2 is 1.86 bits per heavy atom. The summed E-state index contributed by atoms with van der Waals surface area (Å²) < 4.78 is 0. The molecule has 148 valence electrons. The van der Waals surface area contributed by atoms with Gasteiger partial charge in [-0.3, -0.25) is 19.8 Å². The van der Waals surface area contributed by atoms with E-state index in [1.54, 1.807) is 11.0 Å². The third kappa shape index (κ3) is 4.48. The van der Waals surface area contributed by atoms with Gasteiger partial charge in [0.05, 0.1) is 16.5 Å². The lowest BCUT2D eigenvalue weighted by molar-refractivity contribution is -0.384. The largest absolute Gasteiger partial charge is 0.377 e. The number of rotatable bonds is 7. The summed E-state index contributed by atoms with van der Waals surface area (Å²) in [6.45, 7) is 2.47. The van der Waals surface area contributed by atoms with Gasteiger partial charge >= 0.3 is 0 Å². The minimum atomic E-state index is -0.479. The number of carbonyl (C=O) groups is 1. The molecule has 0 aromatic heterocycles. The first-order valence-corrected chi connectivity index (χ1v) is 9.50. The maximum absolute atomic E-state index is 12.9. The second-order valence-electron chi connectivity index (χ2n) is 7.23. The Morgan fingerprint density at radius 1 is 1.18 bits per heavy atom. The summed E-state index contributed by atoms with van der Waals surface area (Å²) in [5.74, 6) is -0.299. The van der Waals surface area contributed by atoms with Crippen LogP contribution in [0.25, 0.3) is 0 Å². The van der Waals surface area contributed by atoms with Crippen LogP contribution in [0.2, 0.25) is 0 Å². The molecule has 1 N–H and O–H groups in total. The van der Waals surface area contributed by atoms with Crippen molar-refractivity contribution in [2.24, 2.45) is 0 Å². The predicted molar refractivity (Wildman–Crippen MR) is 110 cm³/mol. The highest BCUT2D eigenvalue weighted by molar-refractivity contribution is 6.00. The highest BCUT2D eigenvalue weighted by atomic mass is 16.6. The lowest BCUT2D eigenvalue weighted by atomic mass is 10.0. The van der Waals surface area contributed by atoms with E-state index in [0.717, 1.165) is 31.5 Å². The maximum atomic E-state index is 12.9. The predicted octanol–water partition coefficient (Wildman–Crippen LogP) is 3.23. The minimum absolute atomic E-state index is 0.0881. The van der Waals surface area contributed by atoms with Gasteiger partial charge in [0.15, 0.2) is 0 Å². The Balaban J connectivity index is 1.81. The Hall–Kier alpha value is -2.93. The molecule has 28 heavy (non-hydrogen) atoms. The summed E-state index contributed by atoms with van der Waals surface area (Å²) in [7, 11) is 3.63. The Kier molecular flexibility index (Phi) is 6.26. The van der Waals surface area contributed by atoms with E-state index in [2.05, 4.69) is 22.3 Å². The van der Waals surface area contributed by atoms with Crippen molar-refractivity contribution in [3.05, 3.63) is 69.8 Å². The normalized spacial score (nSPS) is 15.2. The molecule has 0 spiro atoms. The molecule has 1 amide bonds. The summed E-state index contributed by atoms with van der Waals surface area (Å²) in [5.41, 5.74) is 2.04. The summed E-state index contributed by atoms with van der Waals surface area (Å²) in [4.78, 5) is 27.7. The quantitative estimate of drug-likeness (QED) is 0.588. The van der Waals surface area contributed by atoms with Gasteiger partial charge in [0, 0.05) is 38.5 Å². The van der Waals surface area contributed by atoms with Gasteiger partial charge in [-0.25, -0.2) is 0 Å². The standard InChI is InChI=1S/C21H26N4O3/c1-23(2)19-11-10-17(25(27)28)14-18(19)21(26)22-15-20(24-12-6-7-13-24)16-8-4-3-5-9-16/h3-5,8-11,14,20H,6-7,12-13,15H2,1-2H3,(H,22,26). The van der Waals surface area contributed by atoms with Crippen LogP contribution in [-0.2, 0) is 0 Å². The molecule has 1 atom stereocenters. The van der Waals surface area contributed by atoms with Gasteiger partial charge in [0.2, 0.25) is 0 Å². The zero-order chi connectivity index (χ0) is 20.1.